The maximum Gasteiger partial charge on any atom is 0.262 e. The average Bonchev–Trinajstić information content (AvgIpc) is 2.15. The van der Waals surface area contributed by atoms with Crippen LogP contribution in [0.4, 0.5) is 0 Å². The molecular formula is C8H6ClNO5S. The lowest BCUT2D eigenvalue weighted by Crippen LogP contribution is -2.18. The summed E-state index contributed by atoms with van der Waals surface area (Å²) in [5, 5.41) is 10.6. The zero-order valence-corrected chi connectivity index (χ0v) is 9.58. The summed E-state index contributed by atoms with van der Waals surface area (Å²) in [5.41, 5.74) is -0.605. The minimum absolute atomic E-state index is 0.276. The zero-order chi connectivity index (χ0) is 12.5. The number of nitro groups is 1. The van der Waals surface area contributed by atoms with Crippen molar-refractivity contribution in [3.8, 4) is 0 Å². The fourth-order valence-electron chi connectivity index (χ4n) is 1.33. The van der Waals surface area contributed by atoms with Crippen LogP contribution in [0.3, 0.4) is 0 Å². The minimum Gasteiger partial charge on any atom is -0.259 e. The second-order valence-electron chi connectivity index (χ2n) is 3.05. The average molecular weight is 264 g/mol. The molecule has 0 aliphatic heterocycles. The minimum atomic E-state index is -4.10. The summed E-state index contributed by atoms with van der Waals surface area (Å²) >= 11 is 0. The van der Waals surface area contributed by atoms with Crippen molar-refractivity contribution in [2.24, 2.45) is 5.92 Å². The number of nitrogens with zero attached hydrogens (tertiary/aromatic N) is 1. The number of hydrogen-bond donors (Lipinski definition) is 0. The van der Waals surface area contributed by atoms with E-state index in [-0.39, 0.29) is 11.3 Å². The Morgan fingerprint density at radius 1 is 1.50 bits per heavy atom. The fraction of sp³-hybridized carbons (Fsp3) is 0.250. The molecular weight excluding hydrogens is 258 g/mol. The van der Waals surface area contributed by atoms with E-state index in [0.29, 0.717) is 0 Å². The Kier molecular flexibility index (Phi) is 3.32. The monoisotopic (exact) mass is 263 g/mol. The Bertz CT molecular complexity index is 553. The van der Waals surface area contributed by atoms with Gasteiger partial charge in [-0.25, -0.2) is 13.2 Å². The second kappa shape index (κ2) is 4.21. The highest BCUT2D eigenvalue weighted by Crippen LogP contribution is 2.33. The molecule has 0 saturated carbocycles. The molecule has 6 nitrogen and oxygen atoms in total. The summed E-state index contributed by atoms with van der Waals surface area (Å²) in [6, 6.07) is 0. The largest absolute Gasteiger partial charge is 0.262 e. The van der Waals surface area contributed by atoms with Crippen LogP contribution in [0.2, 0.25) is 0 Å². The molecule has 0 aromatic rings. The van der Waals surface area contributed by atoms with Crippen molar-refractivity contribution in [1.82, 2.24) is 0 Å². The van der Waals surface area contributed by atoms with Crippen molar-refractivity contribution in [2.75, 3.05) is 0 Å². The lowest BCUT2D eigenvalue weighted by molar-refractivity contribution is -0.432. The van der Waals surface area contributed by atoms with E-state index in [1.807, 2.05) is 0 Å². The van der Waals surface area contributed by atoms with Crippen LogP contribution in [0.25, 0.3) is 0 Å². The molecule has 0 fully saturated rings. The lowest BCUT2D eigenvalue weighted by atomic mass is 9.94. The number of allylic oxidation sites excluding steroid dienone is 4. The summed E-state index contributed by atoms with van der Waals surface area (Å²) in [7, 11) is 0.981. The summed E-state index contributed by atoms with van der Waals surface area (Å²) in [6.07, 6.45) is 1.95. The predicted molar refractivity (Wildman–Crippen MR) is 56.3 cm³/mol. The Morgan fingerprint density at radius 3 is 2.44 bits per heavy atom. The third-order valence-corrected chi connectivity index (χ3v) is 3.51. The quantitative estimate of drug-likeness (QED) is 0.321. The SMILES string of the molecule is CC1C(=C=O)C(S(=O)(=O)Cl)=CC=C1[N+](=O)[O-]. The summed E-state index contributed by atoms with van der Waals surface area (Å²) in [4.78, 5) is 20.1. The van der Waals surface area contributed by atoms with Gasteiger partial charge in [-0.2, -0.15) is 0 Å². The van der Waals surface area contributed by atoms with Crippen LogP contribution >= 0.6 is 10.7 Å². The van der Waals surface area contributed by atoms with Gasteiger partial charge in [0.15, 0.2) is 0 Å². The van der Waals surface area contributed by atoms with Crippen LogP contribution in [0.1, 0.15) is 6.92 Å². The standard InChI is InChI=1S/C8H6ClNO5S/c1-5-6(4-11)8(16(9,14)15)3-2-7(5)10(12)13/h2-3,5H,1H3. The van der Waals surface area contributed by atoms with E-state index >= 15 is 0 Å². The highest BCUT2D eigenvalue weighted by atomic mass is 35.7. The third-order valence-electron chi connectivity index (χ3n) is 2.13. The Hall–Kier alpha value is -1.43. The molecule has 0 spiro atoms. The van der Waals surface area contributed by atoms with Gasteiger partial charge in [0.05, 0.1) is 21.3 Å². The van der Waals surface area contributed by atoms with Crippen molar-refractivity contribution in [3.63, 3.8) is 0 Å². The normalized spacial score (nSPS) is 20.9. The molecule has 1 atom stereocenters. The van der Waals surface area contributed by atoms with E-state index < -0.39 is 24.8 Å². The fourth-order valence-corrected chi connectivity index (χ4v) is 2.44. The first-order chi connectivity index (χ1) is 7.29. The van der Waals surface area contributed by atoms with Gasteiger partial charge < -0.3 is 0 Å². The van der Waals surface area contributed by atoms with Crippen LogP contribution in [-0.2, 0) is 13.8 Å². The molecule has 0 saturated heterocycles. The van der Waals surface area contributed by atoms with Crippen LogP contribution in [-0.4, -0.2) is 19.3 Å². The number of hydrogen-bond acceptors (Lipinski definition) is 5. The number of rotatable bonds is 2. The van der Waals surface area contributed by atoms with Crippen molar-refractivity contribution in [1.29, 1.82) is 0 Å². The Morgan fingerprint density at radius 2 is 2.06 bits per heavy atom. The first-order valence-corrected chi connectivity index (χ1v) is 6.36. The number of halogens is 1. The highest BCUT2D eigenvalue weighted by molar-refractivity contribution is 8.17. The van der Waals surface area contributed by atoms with Crippen molar-refractivity contribution < 1.29 is 18.1 Å². The van der Waals surface area contributed by atoms with E-state index in [9.17, 15) is 23.3 Å². The topological polar surface area (TPSA) is 94.3 Å². The predicted octanol–water partition coefficient (Wildman–Crippen LogP) is 1.01. The Labute approximate surface area is 95.5 Å². The van der Waals surface area contributed by atoms with Crippen LogP contribution in [0.5, 0.6) is 0 Å². The summed E-state index contributed by atoms with van der Waals surface area (Å²) in [5.74, 6) is 0.427. The van der Waals surface area contributed by atoms with Crippen LogP contribution in [0.15, 0.2) is 28.3 Å². The van der Waals surface area contributed by atoms with E-state index in [0.717, 1.165) is 12.2 Å². The van der Waals surface area contributed by atoms with Crippen LogP contribution in [0, 0.1) is 16.0 Å². The van der Waals surface area contributed by atoms with E-state index in [4.69, 9.17) is 10.7 Å². The molecule has 0 heterocycles. The van der Waals surface area contributed by atoms with Gasteiger partial charge in [-0.15, -0.1) is 0 Å². The third kappa shape index (κ3) is 2.21. The zero-order valence-electron chi connectivity index (χ0n) is 8.01. The maximum atomic E-state index is 11.1. The molecule has 1 aliphatic rings. The first-order valence-electron chi connectivity index (χ1n) is 4.05. The first kappa shape index (κ1) is 12.6. The molecule has 0 amide bonds. The molecule has 0 aromatic carbocycles. The van der Waals surface area contributed by atoms with Gasteiger partial charge in [-0.05, 0) is 13.0 Å². The molecule has 0 radical (unpaired) electrons. The van der Waals surface area contributed by atoms with Gasteiger partial charge in [-0.3, -0.25) is 10.1 Å². The summed E-state index contributed by atoms with van der Waals surface area (Å²) < 4.78 is 22.2. The maximum absolute atomic E-state index is 11.1. The molecule has 16 heavy (non-hydrogen) atoms. The van der Waals surface area contributed by atoms with Gasteiger partial charge in [-0.1, -0.05) is 0 Å². The molecule has 0 N–H and O–H groups in total. The van der Waals surface area contributed by atoms with Gasteiger partial charge in [0, 0.05) is 16.8 Å². The smallest absolute Gasteiger partial charge is 0.259 e. The van der Waals surface area contributed by atoms with Crippen LogP contribution < -0.4 is 0 Å². The molecule has 0 aromatic heterocycles. The molecule has 1 rings (SSSR count). The van der Waals surface area contributed by atoms with Gasteiger partial charge >= 0.3 is 0 Å². The molecule has 0 bridgehead atoms. The molecule has 1 aliphatic carbocycles. The van der Waals surface area contributed by atoms with Crippen molar-refractivity contribution in [3.05, 3.63) is 38.4 Å². The van der Waals surface area contributed by atoms with E-state index in [2.05, 4.69) is 0 Å². The van der Waals surface area contributed by atoms with Crippen molar-refractivity contribution >= 4 is 25.7 Å². The van der Waals surface area contributed by atoms with E-state index in [1.165, 1.54) is 12.9 Å². The molecule has 8 heteroatoms. The lowest BCUT2D eigenvalue weighted by Gasteiger charge is -2.14. The van der Waals surface area contributed by atoms with E-state index in [1.54, 1.807) is 0 Å². The van der Waals surface area contributed by atoms with Gasteiger partial charge in [0.1, 0.15) is 5.94 Å². The molecule has 1 unspecified atom stereocenters. The highest BCUT2D eigenvalue weighted by Gasteiger charge is 2.34. The number of carbonyl (C=O) groups excluding carboxylic acids is 1. The van der Waals surface area contributed by atoms with Gasteiger partial charge in [0.2, 0.25) is 0 Å². The molecule has 86 valence electrons. The van der Waals surface area contributed by atoms with Crippen molar-refractivity contribution in [2.45, 2.75) is 6.92 Å². The Balaban J connectivity index is 3.45. The second-order valence-corrected chi connectivity index (χ2v) is 5.59. The van der Waals surface area contributed by atoms with Gasteiger partial charge in [0.25, 0.3) is 14.7 Å². The summed E-state index contributed by atoms with van der Waals surface area (Å²) in [6.45, 7) is 1.34.